The molecule has 2 N–H and O–H groups in total. The van der Waals surface area contributed by atoms with Gasteiger partial charge < -0.3 is 19.7 Å². The number of aliphatic hydroxyl groups is 2. The van der Waals surface area contributed by atoms with E-state index in [-0.39, 0.29) is 37.7 Å². The molecule has 0 saturated carbocycles. The van der Waals surface area contributed by atoms with Crippen molar-refractivity contribution in [2.24, 2.45) is 0 Å². The summed E-state index contributed by atoms with van der Waals surface area (Å²) in [6.07, 6.45) is 40.7. The van der Waals surface area contributed by atoms with E-state index >= 15 is 0 Å². The van der Waals surface area contributed by atoms with Crippen molar-refractivity contribution >= 4 is 11.9 Å². The van der Waals surface area contributed by atoms with Crippen molar-refractivity contribution in [3.8, 4) is 0 Å². The van der Waals surface area contributed by atoms with E-state index in [9.17, 15) is 19.8 Å². The lowest BCUT2D eigenvalue weighted by atomic mass is 10.0. The molecule has 0 rings (SSSR count). The zero-order chi connectivity index (χ0) is 33.8. The van der Waals surface area contributed by atoms with Gasteiger partial charge in [-0.3, -0.25) is 9.59 Å². The van der Waals surface area contributed by atoms with Gasteiger partial charge in [0.1, 0.15) is 6.61 Å². The molecular weight excluding hydrogens is 576 g/mol. The van der Waals surface area contributed by atoms with Crippen LogP contribution in [0.1, 0.15) is 168 Å². The second kappa shape index (κ2) is 35.7. The van der Waals surface area contributed by atoms with Gasteiger partial charge in [0.15, 0.2) is 6.10 Å². The molecule has 6 nitrogen and oxygen atoms in total. The van der Waals surface area contributed by atoms with Crippen LogP contribution in [0.4, 0.5) is 0 Å². The Morgan fingerprint density at radius 2 is 1.13 bits per heavy atom. The quantitative estimate of drug-likeness (QED) is 0.0319. The Morgan fingerprint density at radius 3 is 1.74 bits per heavy atom. The summed E-state index contributed by atoms with van der Waals surface area (Å²) in [5, 5.41) is 19.4. The van der Waals surface area contributed by atoms with Crippen molar-refractivity contribution in [2.75, 3.05) is 13.2 Å². The number of carbonyl (C=O) groups excluding carboxylic acids is 2. The van der Waals surface area contributed by atoms with Gasteiger partial charge in [0.05, 0.1) is 12.7 Å². The topological polar surface area (TPSA) is 93.1 Å². The summed E-state index contributed by atoms with van der Waals surface area (Å²) in [7, 11) is 0. The molecule has 0 heterocycles. The maximum Gasteiger partial charge on any atom is 0.306 e. The molecule has 0 unspecified atom stereocenters. The van der Waals surface area contributed by atoms with Gasteiger partial charge in [0.2, 0.25) is 0 Å². The van der Waals surface area contributed by atoms with E-state index in [1.54, 1.807) is 0 Å². The summed E-state index contributed by atoms with van der Waals surface area (Å²) >= 11 is 0. The fourth-order valence-corrected chi connectivity index (χ4v) is 5.07. The van der Waals surface area contributed by atoms with Crippen molar-refractivity contribution in [1.29, 1.82) is 0 Å². The lowest BCUT2D eigenvalue weighted by Crippen LogP contribution is -2.28. The highest BCUT2D eigenvalue weighted by Crippen LogP contribution is 2.14. The Hall–Kier alpha value is -2.18. The summed E-state index contributed by atoms with van der Waals surface area (Å²) in [6.45, 7) is 3.95. The van der Waals surface area contributed by atoms with Crippen LogP contribution < -0.4 is 0 Å². The second-order valence-corrected chi connectivity index (χ2v) is 12.5. The molecule has 2 atom stereocenters. The largest absolute Gasteiger partial charge is 0.462 e. The molecule has 0 spiro atoms. The number of unbranched alkanes of at least 4 members (excludes halogenated alkanes) is 16. The highest BCUT2D eigenvalue weighted by Gasteiger charge is 2.16. The minimum absolute atomic E-state index is 0.107. The fraction of sp³-hybridized carbons (Fsp3) is 0.750. The highest BCUT2D eigenvalue weighted by atomic mass is 16.6. The molecule has 0 aliphatic carbocycles. The number of hydrogen-bond donors (Lipinski definition) is 2. The minimum Gasteiger partial charge on any atom is -0.462 e. The van der Waals surface area contributed by atoms with E-state index in [2.05, 4.69) is 44.2 Å². The Bertz CT molecular complexity index is 800. The number of aliphatic hydroxyl groups excluding tert-OH is 2. The lowest BCUT2D eigenvalue weighted by Gasteiger charge is -2.15. The van der Waals surface area contributed by atoms with Gasteiger partial charge in [-0.05, 0) is 38.5 Å². The lowest BCUT2D eigenvalue weighted by molar-refractivity contribution is -0.161. The molecule has 266 valence electrons. The molecule has 0 aromatic heterocycles. The van der Waals surface area contributed by atoms with Crippen LogP contribution in [0.5, 0.6) is 0 Å². The Labute approximate surface area is 282 Å². The number of hydrogen-bond acceptors (Lipinski definition) is 6. The third-order valence-electron chi connectivity index (χ3n) is 7.98. The average molecular weight is 647 g/mol. The smallest absolute Gasteiger partial charge is 0.306 e. The summed E-state index contributed by atoms with van der Waals surface area (Å²) in [5.74, 6) is -0.682. The van der Waals surface area contributed by atoms with Crippen LogP contribution >= 0.6 is 0 Å². The molecule has 0 radical (unpaired) electrons. The van der Waals surface area contributed by atoms with Gasteiger partial charge in [-0.25, -0.2) is 0 Å². The van der Waals surface area contributed by atoms with Crippen molar-refractivity contribution in [1.82, 2.24) is 0 Å². The maximum atomic E-state index is 12.1. The zero-order valence-corrected chi connectivity index (χ0v) is 29.7. The second-order valence-electron chi connectivity index (χ2n) is 12.5. The SMILES string of the molecule is CCCCCCCCCCCCCCCCC(=O)O[C@@H](CO)COC(=O)CCC/C=C\C/C=C\C/C=C\C=C\[C@H](O)CCCCC. The summed E-state index contributed by atoms with van der Waals surface area (Å²) in [5.41, 5.74) is 0. The predicted octanol–water partition coefficient (Wildman–Crippen LogP) is 10.4. The summed E-state index contributed by atoms with van der Waals surface area (Å²) in [4.78, 5) is 24.2. The first-order chi connectivity index (χ1) is 22.5. The number of allylic oxidation sites excluding steroid dienone is 7. The zero-order valence-electron chi connectivity index (χ0n) is 29.7. The van der Waals surface area contributed by atoms with Gasteiger partial charge in [0, 0.05) is 12.8 Å². The first kappa shape index (κ1) is 43.8. The molecule has 0 saturated heterocycles. The predicted molar refractivity (Wildman–Crippen MR) is 193 cm³/mol. The van der Waals surface area contributed by atoms with Gasteiger partial charge in [-0.1, -0.05) is 165 Å². The van der Waals surface area contributed by atoms with Crippen molar-refractivity contribution < 1.29 is 29.3 Å². The highest BCUT2D eigenvalue weighted by molar-refractivity contribution is 5.70. The molecule has 6 heteroatoms. The Kier molecular flexibility index (Phi) is 34.0. The standard InChI is InChI=1S/C40H70O6/c1-3-5-7-8-9-10-11-12-13-16-20-23-26-30-34-40(44)46-38(35-41)36-45-39(43)33-29-25-22-19-17-14-15-18-21-24-28-32-37(42)31-27-6-4-2/h14-15,19,21-22,24,28,32,37-38,41-42H,3-13,16-18,20,23,25-27,29-31,33-36H2,1-2H3/b15-14-,22-19-,24-21-,32-28+/t37-,38+/m1/s1. The Balaban J connectivity index is 3.72. The third kappa shape index (κ3) is 33.2. The van der Waals surface area contributed by atoms with E-state index in [0.29, 0.717) is 12.8 Å². The fourth-order valence-electron chi connectivity index (χ4n) is 5.07. The van der Waals surface area contributed by atoms with Gasteiger partial charge in [-0.2, -0.15) is 0 Å². The number of ether oxygens (including phenoxy) is 2. The molecular formula is C40H70O6. The van der Waals surface area contributed by atoms with Crippen molar-refractivity contribution in [2.45, 2.75) is 180 Å². The normalized spacial score (nSPS) is 13.4. The summed E-state index contributed by atoms with van der Waals surface area (Å²) in [6, 6.07) is 0. The molecule has 0 amide bonds. The third-order valence-corrected chi connectivity index (χ3v) is 7.98. The number of esters is 2. The molecule has 0 aliphatic heterocycles. The van der Waals surface area contributed by atoms with Crippen LogP contribution in [-0.4, -0.2) is 47.6 Å². The summed E-state index contributed by atoms with van der Waals surface area (Å²) < 4.78 is 10.5. The molecule has 0 aromatic rings. The van der Waals surface area contributed by atoms with Crippen molar-refractivity contribution in [3.05, 3.63) is 48.6 Å². The van der Waals surface area contributed by atoms with E-state index in [4.69, 9.17) is 9.47 Å². The van der Waals surface area contributed by atoms with Crippen LogP contribution in [0.25, 0.3) is 0 Å². The molecule has 0 bridgehead atoms. The first-order valence-corrected chi connectivity index (χ1v) is 18.8. The monoisotopic (exact) mass is 647 g/mol. The van der Waals surface area contributed by atoms with Crippen LogP contribution in [0.15, 0.2) is 48.6 Å². The Morgan fingerprint density at radius 1 is 0.609 bits per heavy atom. The number of rotatable bonds is 33. The van der Waals surface area contributed by atoms with Crippen LogP contribution in [0, 0.1) is 0 Å². The van der Waals surface area contributed by atoms with Crippen LogP contribution in [0.3, 0.4) is 0 Å². The van der Waals surface area contributed by atoms with E-state index in [1.165, 1.54) is 77.0 Å². The van der Waals surface area contributed by atoms with E-state index in [0.717, 1.165) is 57.8 Å². The van der Waals surface area contributed by atoms with Crippen molar-refractivity contribution in [3.63, 3.8) is 0 Å². The minimum atomic E-state index is -0.803. The maximum absolute atomic E-state index is 12.1. The van der Waals surface area contributed by atoms with E-state index in [1.807, 2.05) is 18.2 Å². The molecule has 46 heavy (non-hydrogen) atoms. The van der Waals surface area contributed by atoms with Gasteiger partial charge in [-0.15, -0.1) is 0 Å². The molecule has 0 aromatic carbocycles. The first-order valence-electron chi connectivity index (χ1n) is 18.8. The number of carbonyl (C=O) groups is 2. The van der Waals surface area contributed by atoms with Crippen LogP contribution in [0.2, 0.25) is 0 Å². The molecule has 0 fully saturated rings. The van der Waals surface area contributed by atoms with E-state index < -0.39 is 6.10 Å². The molecule has 0 aliphatic rings. The van der Waals surface area contributed by atoms with Gasteiger partial charge >= 0.3 is 11.9 Å². The van der Waals surface area contributed by atoms with Crippen LogP contribution in [-0.2, 0) is 19.1 Å². The average Bonchev–Trinajstić information content (AvgIpc) is 3.05. The van der Waals surface area contributed by atoms with Gasteiger partial charge in [0.25, 0.3) is 0 Å².